The largest absolute Gasteiger partial charge is 0.471 e. The Morgan fingerprint density at radius 2 is 2.03 bits per heavy atom. The number of rotatable bonds is 8. The fraction of sp³-hybridized carbons (Fsp3) is 0.400. The van der Waals surface area contributed by atoms with Gasteiger partial charge in [0.2, 0.25) is 11.8 Å². The number of alkyl halides is 2. The molecule has 1 saturated carbocycles. The van der Waals surface area contributed by atoms with E-state index in [0.29, 0.717) is 22.6 Å². The van der Waals surface area contributed by atoms with Gasteiger partial charge in [0, 0.05) is 23.4 Å². The van der Waals surface area contributed by atoms with Crippen LogP contribution in [0.5, 0.6) is 5.88 Å². The summed E-state index contributed by atoms with van der Waals surface area (Å²) >= 11 is 6.04. The Balaban J connectivity index is 1.67. The molecule has 2 N–H and O–H groups in total. The summed E-state index contributed by atoms with van der Waals surface area (Å²) in [4.78, 5) is 32.8. The number of pyridine rings is 2. The molecule has 1 atom stereocenters. The van der Waals surface area contributed by atoms with Crippen LogP contribution in [-0.4, -0.2) is 34.8 Å². The zero-order valence-corrected chi connectivity index (χ0v) is 17.2. The first-order valence-corrected chi connectivity index (χ1v) is 9.77. The lowest BCUT2D eigenvalue weighted by molar-refractivity contribution is -0.117. The minimum atomic E-state index is -2.64. The van der Waals surface area contributed by atoms with Crippen LogP contribution >= 0.6 is 11.6 Å². The third-order valence-electron chi connectivity index (χ3n) is 4.44. The van der Waals surface area contributed by atoms with Crippen molar-refractivity contribution in [3.8, 4) is 5.88 Å². The average Bonchev–Trinajstić information content (AvgIpc) is 3.51. The average molecular weight is 439 g/mol. The van der Waals surface area contributed by atoms with E-state index in [4.69, 9.17) is 16.3 Å². The van der Waals surface area contributed by atoms with Crippen molar-refractivity contribution in [3.05, 3.63) is 46.2 Å². The van der Waals surface area contributed by atoms with Crippen molar-refractivity contribution in [2.24, 2.45) is 5.92 Å². The molecule has 0 aliphatic heterocycles. The van der Waals surface area contributed by atoms with Crippen molar-refractivity contribution in [2.45, 2.75) is 39.2 Å². The first kappa shape index (κ1) is 21.9. The van der Waals surface area contributed by atoms with Gasteiger partial charge in [0.05, 0.1) is 6.04 Å². The van der Waals surface area contributed by atoms with Crippen LogP contribution in [0.3, 0.4) is 0 Å². The lowest BCUT2D eigenvalue weighted by Gasteiger charge is -2.16. The van der Waals surface area contributed by atoms with Gasteiger partial charge >= 0.3 is 0 Å². The summed E-state index contributed by atoms with van der Waals surface area (Å²) in [6, 6.07) is 4.16. The van der Waals surface area contributed by atoms with Crippen LogP contribution in [0.25, 0.3) is 0 Å². The molecule has 0 saturated heterocycles. The van der Waals surface area contributed by atoms with Crippen molar-refractivity contribution in [2.75, 3.05) is 11.9 Å². The highest BCUT2D eigenvalue weighted by atomic mass is 35.5. The van der Waals surface area contributed by atoms with Crippen molar-refractivity contribution in [3.63, 3.8) is 0 Å². The Hall–Kier alpha value is -2.81. The maximum absolute atomic E-state index is 12.7. The summed E-state index contributed by atoms with van der Waals surface area (Å²) in [5, 5.41) is 5.62. The molecular weight excluding hydrogens is 418 g/mol. The molecule has 7 nitrogen and oxygen atoms in total. The predicted octanol–water partition coefficient (Wildman–Crippen LogP) is 3.92. The highest BCUT2D eigenvalue weighted by Gasteiger charge is 2.30. The smallest absolute Gasteiger partial charge is 0.272 e. The fourth-order valence-corrected chi connectivity index (χ4v) is 2.96. The number of aryl methyl sites for hydroxylation is 1. The van der Waals surface area contributed by atoms with Gasteiger partial charge in [-0.15, -0.1) is 0 Å². The van der Waals surface area contributed by atoms with Crippen LogP contribution in [0.4, 0.5) is 14.6 Å². The Labute approximate surface area is 177 Å². The van der Waals surface area contributed by atoms with Crippen molar-refractivity contribution >= 4 is 29.2 Å². The number of nitrogens with zero attached hydrogens (tertiary/aromatic N) is 2. The number of aromatic nitrogens is 2. The topological polar surface area (TPSA) is 93.2 Å². The Morgan fingerprint density at radius 1 is 1.30 bits per heavy atom. The summed E-state index contributed by atoms with van der Waals surface area (Å²) in [5.41, 5.74) is 1.51. The molecule has 1 fully saturated rings. The minimum absolute atomic E-state index is 0.0227. The quantitative estimate of drug-likeness (QED) is 0.651. The SMILES string of the molecule is Cc1cc(C(=O)NC(C)c2cnc(OCC(F)F)c(Cl)c2)cc(NC(=O)C2CC2)n1. The molecule has 1 aliphatic carbocycles. The normalized spacial score (nSPS) is 14.3. The molecule has 0 spiro atoms. The molecule has 0 bridgehead atoms. The van der Waals surface area contributed by atoms with Gasteiger partial charge in [0.15, 0.2) is 6.61 Å². The third kappa shape index (κ3) is 5.85. The van der Waals surface area contributed by atoms with E-state index in [9.17, 15) is 18.4 Å². The summed E-state index contributed by atoms with van der Waals surface area (Å²) in [5.74, 6) is -0.212. The van der Waals surface area contributed by atoms with E-state index in [-0.39, 0.29) is 28.6 Å². The number of carbonyl (C=O) groups is 2. The Bertz CT molecular complexity index is 954. The number of carbonyl (C=O) groups excluding carboxylic acids is 2. The zero-order valence-electron chi connectivity index (χ0n) is 16.4. The summed E-state index contributed by atoms with van der Waals surface area (Å²) in [6.45, 7) is 2.66. The van der Waals surface area contributed by atoms with E-state index >= 15 is 0 Å². The second-order valence-electron chi connectivity index (χ2n) is 7.10. The van der Waals surface area contributed by atoms with Crippen LogP contribution in [0.2, 0.25) is 5.02 Å². The molecule has 10 heteroatoms. The minimum Gasteiger partial charge on any atom is -0.471 e. The highest BCUT2D eigenvalue weighted by Crippen LogP contribution is 2.30. The number of halogens is 3. The molecule has 2 aromatic heterocycles. The second-order valence-corrected chi connectivity index (χ2v) is 7.51. The number of hydrogen-bond donors (Lipinski definition) is 2. The maximum Gasteiger partial charge on any atom is 0.272 e. The zero-order chi connectivity index (χ0) is 21.8. The monoisotopic (exact) mass is 438 g/mol. The molecule has 3 rings (SSSR count). The summed E-state index contributed by atoms with van der Waals surface area (Å²) in [7, 11) is 0. The van der Waals surface area contributed by atoms with Gasteiger partial charge in [-0.3, -0.25) is 9.59 Å². The van der Waals surface area contributed by atoms with E-state index in [1.165, 1.54) is 18.3 Å². The van der Waals surface area contributed by atoms with Gasteiger partial charge < -0.3 is 15.4 Å². The molecule has 2 heterocycles. The number of nitrogens with one attached hydrogen (secondary N) is 2. The number of anilines is 1. The van der Waals surface area contributed by atoms with Gasteiger partial charge in [-0.2, -0.15) is 0 Å². The third-order valence-corrected chi connectivity index (χ3v) is 4.71. The molecule has 30 heavy (non-hydrogen) atoms. The van der Waals surface area contributed by atoms with Crippen LogP contribution < -0.4 is 15.4 Å². The lowest BCUT2D eigenvalue weighted by Crippen LogP contribution is -2.27. The summed E-state index contributed by atoms with van der Waals surface area (Å²) in [6.07, 6.45) is 0.496. The number of hydrogen-bond acceptors (Lipinski definition) is 5. The van der Waals surface area contributed by atoms with Crippen LogP contribution in [0.1, 0.15) is 47.4 Å². The number of amides is 2. The molecule has 0 aromatic carbocycles. The van der Waals surface area contributed by atoms with Crippen LogP contribution in [0, 0.1) is 12.8 Å². The highest BCUT2D eigenvalue weighted by molar-refractivity contribution is 6.31. The standard InChI is InChI=1S/C20H21ClF2N4O3/c1-10-5-13(7-17(25-10)27-18(28)12-3-4-12)19(29)26-11(2)14-6-15(21)20(24-8-14)30-9-16(22)23/h5-8,11-12,16H,3-4,9H2,1-2H3,(H,26,29)(H,25,27,28). The van der Waals surface area contributed by atoms with Crippen molar-refractivity contribution in [1.29, 1.82) is 0 Å². The first-order chi connectivity index (χ1) is 14.2. The van der Waals surface area contributed by atoms with Gasteiger partial charge in [0.25, 0.3) is 12.3 Å². The molecule has 2 amide bonds. The Morgan fingerprint density at radius 3 is 2.67 bits per heavy atom. The molecule has 1 aliphatic rings. The van der Waals surface area contributed by atoms with E-state index < -0.39 is 19.1 Å². The first-order valence-electron chi connectivity index (χ1n) is 9.39. The van der Waals surface area contributed by atoms with E-state index in [2.05, 4.69) is 20.6 Å². The molecule has 0 radical (unpaired) electrons. The van der Waals surface area contributed by atoms with E-state index in [1.807, 2.05) is 0 Å². The van der Waals surface area contributed by atoms with E-state index in [0.717, 1.165) is 12.8 Å². The van der Waals surface area contributed by atoms with Gasteiger partial charge in [0.1, 0.15) is 10.8 Å². The molecular formula is C20H21ClF2N4O3. The molecule has 2 aromatic rings. The van der Waals surface area contributed by atoms with Gasteiger partial charge in [-0.05, 0) is 50.5 Å². The van der Waals surface area contributed by atoms with Crippen LogP contribution in [-0.2, 0) is 4.79 Å². The van der Waals surface area contributed by atoms with Crippen LogP contribution in [0.15, 0.2) is 24.4 Å². The van der Waals surface area contributed by atoms with Crippen molar-refractivity contribution in [1.82, 2.24) is 15.3 Å². The number of ether oxygens (including phenoxy) is 1. The van der Waals surface area contributed by atoms with Gasteiger partial charge in [-0.1, -0.05) is 11.6 Å². The fourth-order valence-electron chi connectivity index (χ4n) is 2.73. The summed E-state index contributed by atoms with van der Waals surface area (Å²) < 4.78 is 29.4. The van der Waals surface area contributed by atoms with Crippen molar-refractivity contribution < 1.29 is 23.1 Å². The lowest BCUT2D eigenvalue weighted by atomic mass is 10.1. The maximum atomic E-state index is 12.7. The van der Waals surface area contributed by atoms with Gasteiger partial charge in [-0.25, -0.2) is 18.7 Å². The molecule has 1 unspecified atom stereocenters. The predicted molar refractivity (Wildman–Crippen MR) is 107 cm³/mol. The Kier molecular flexibility index (Phi) is 6.81. The molecule has 160 valence electrons. The van der Waals surface area contributed by atoms with E-state index in [1.54, 1.807) is 19.9 Å². The second kappa shape index (κ2) is 9.34.